The molecule has 19 heavy (non-hydrogen) atoms. The maximum absolute atomic E-state index is 11.5. The van der Waals surface area contributed by atoms with Crippen LogP contribution >= 0.6 is 46.4 Å². The number of nitrogens with one attached hydrogen (secondary N) is 1. The molecule has 1 aromatic carbocycles. The van der Waals surface area contributed by atoms with Gasteiger partial charge in [0.2, 0.25) is 0 Å². The fourth-order valence-electron chi connectivity index (χ4n) is 0.949. The van der Waals surface area contributed by atoms with Crippen LogP contribution in [0.5, 0.6) is 0 Å². The van der Waals surface area contributed by atoms with Crippen LogP contribution in [0, 0.1) is 0 Å². The van der Waals surface area contributed by atoms with E-state index in [1.54, 1.807) is 0 Å². The quantitative estimate of drug-likeness (QED) is 0.583. The van der Waals surface area contributed by atoms with Crippen molar-refractivity contribution in [1.82, 2.24) is 0 Å². The molecule has 0 radical (unpaired) electrons. The first-order valence-electron chi connectivity index (χ1n) is 4.36. The van der Waals surface area contributed by atoms with Crippen molar-refractivity contribution in [2.75, 3.05) is 5.32 Å². The van der Waals surface area contributed by atoms with Gasteiger partial charge in [-0.15, -0.1) is 0 Å². The van der Waals surface area contributed by atoms with E-state index in [9.17, 15) is 14.7 Å². The number of halogens is 4. The summed E-state index contributed by atoms with van der Waals surface area (Å²) in [5.74, 6) is -2.64. The second-order valence-corrected chi connectivity index (χ2v) is 4.57. The van der Waals surface area contributed by atoms with Crippen LogP contribution in [0.4, 0.5) is 5.69 Å². The number of carbonyl (C=O) groups excluding carboxylic acids is 2. The number of rotatable bonds is 3. The molecule has 0 heterocycles. The minimum Gasteiger partial charge on any atom is -0.544 e. The summed E-state index contributed by atoms with van der Waals surface area (Å²) >= 11 is 22.1. The molecule has 4 nitrogen and oxygen atoms in total. The molecule has 0 atom stereocenters. The van der Waals surface area contributed by atoms with Gasteiger partial charge in [0.15, 0.2) is 0 Å². The van der Waals surface area contributed by atoms with Crippen molar-refractivity contribution < 1.29 is 44.3 Å². The summed E-state index contributed by atoms with van der Waals surface area (Å²) in [6.07, 6.45) is 0. The zero-order valence-corrected chi connectivity index (χ0v) is 14.5. The molecule has 0 aliphatic heterocycles. The van der Waals surface area contributed by atoms with Gasteiger partial charge in [0.1, 0.15) is 5.03 Å². The smallest absolute Gasteiger partial charge is 0.544 e. The topological polar surface area (TPSA) is 69.2 Å². The SMILES string of the molecule is O=C([O-])/C(Cl)=C(\Cl)C(=O)Nc1ccc(Cl)c(Cl)c1.[Na+]. The predicted octanol–water partition coefficient (Wildman–Crippen LogP) is -0.625. The van der Waals surface area contributed by atoms with Gasteiger partial charge in [-0.05, 0) is 18.2 Å². The maximum Gasteiger partial charge on any atom is 1.00 e. The van der Waals surface area contributed by atoms with Crippen molar-refractivity contribution in [3.63, 3.8) is 0 Å². The van der Waals surface area contributed by atoms with Gasteiger partial charge in [0.05, 0.1) is 21.0 Å². The molecule has 96 valence electrons. The predicted molar refractivity (Wildman–Crippen MR) is 68.8 cm³/mol. The maximum atomic E-state index is 11.5. The number of hydrogen-bond acceptors (Lipinski definition) is 3. The molecule has 0 aromatic heterocycles. The van der Waals surface area contributed by atoms with Crippen LogP contribution in [0.3, 0.4) is 0 Å². The van der Waals surface area contributed by atoms with E-state index in [1.807, 2.05) is 0 Å². The first-order chi connectivity index (χ1) is 8.32. The normalized spacial score (nSPS) is 11.2. The van der Waals surface area contributed by atoms with E-state index < -0.39 is 21.9 Å². The Kier molecular flexibility index (Phi) is 8.40. The van der Waals surface area contributed by atoms with Gasteiger partial charge in [-0.2, -0.15) is 0 Å². The van der Waals surface area contributed by atoms with Crippen LogP contribution in [-0.4, -0.2) is 11.9 Å². The fraction of sp³-hybridized carbons (Fsp3) is 0. The number of carbonyl (C=O) groups is 2. The van der Waals surface area contributed by atoms with E-state index in [-0.39, 0.29) is 40.3 Å². The third-order valence-corrected chi connectivity index (χ3v) is 3.29. The van der Waals surface area contributed by atoms with Gasteiger partial charge in [0, 0.05) is 5.69 Å². The number of hydrogen-bond donors (Lipinski definition) is 1. The van der Waals surface area contributed by atoms with Crippen LogP contribution in [0.2, 0.25) is 10.0 Å². The Morgan fingerprint density at radius 2 is 1.63 bits per heavy atom. The van der Waals surface area contributed by atoms with E-state index in [4.69, 9.17) is 46.4 Å². The number of amides is 1. The van der Waals surface area contributed by atoms with E-state index in [2.05, 4.69) is 5.32 Å². The first-order valence-corrected chi connectivity index (χ1v) is 5.87. The standard InChI is InChI=1S/C10H5Cl4NO3.Na/c11-5-2-1-4(3-6(5)12)15-9(16)7(13)8(14)10(17)18;/h1-3H,(H,15,16)(H,17,18);/q;+1/p-1/b8-7+;. The zero-order chi connectivity index (χ0) is 13.9. The Bertz CT molecular complexity index is 548. The van der Waals surface area contributed by atoms with Gasteiger partial charge < -0.3 is 15.2 Å². The Hall–Kier alpha value is 0.0600. The minimum atomic E-state index is -1.74. The molecular weight excluding hydrogens is 347 g/mol. The van der Waals surface area contributed by atoms with Crippen LogP contribution in [-0.2, 0) is 9.59 Å². The number of carboxylic acid groups (broad SMARTS) is 1. The molecule has 0 bridgehead atoms. The summed E-state index contributed by atoms with van der Waals surface area (Å²) in [4.78, 5) is 21.9. The van der Waals surface area contributed by atoms with Gasteiger partial charge >= 0.3 is 29.6 Å². The third-order valence-electron chi connectivity index (χ3n) is 1.75. The van der Waals surface area contributed by atoms with Crippen molar-refractivity contribution in [2.45, 2.75) is 0 Å². The van der Waals surface area contributed by atoms with Gasteiger partial charge in [-0.1, -0.05) is 46.4 Å². The van der Waals surface area contributed by atoms with Crippen molar-refractivity contribution in [3.05, 3.63) is 38.3 Å². The molecule has 0 saturated carbocycles. The Labute approximate surface area is 150 Å². The Balaban J connectivity index is 0.00000324. The first kappa shape index (κ1) is 19.1. The molecule has 1 aromatic rings. The van der Waals surface area contributed by atoms with E-state index in [1.165, 1.54) is 18.2 Å². The summed E-state index contributed by atoms with van der Waals surface area (Å²) in [6, 6.07) is 4.29. The molecule has 0 unspecified atom stereocenters. The summed E-state index contributed by atoms with van der Waals surface area (Å²) < 4.78 is 0. The van der Waals surface area contributed by atoms with Crippen molar-refractivity contribution >= 4 is 64.0 Å². The van der Waals surface area contributed by atoms with Gasteiger partial charge in [-0.25, -0.2) is 0 Å². The molecule has 1 amide bonds. The molecule has 1 rings (SSSR count). The molecule has 0 spiro atoms. The molecule has 0 fully saturated rings. The van der Waals surface area contributed by atoms with E-state index in [0.29, 0.717) is 5.02 Å². The third kappa shape index (κ3) is 5.52. The Morgan fingerprint density at radius 3 is 2.11 bits per heavy atom. The number of benzene rings is 1. The van der Waals surface area contributed by atoms with Crippen molar-refractivity contribution in [3.8, 4) is 0 Å². The summed E-state index contributed by atoms with van der Waals surface area (Å²) in [5.41, 5.74) is 0.287. The average molecular weight is 351 g/mol. The molecule has 1 N–H and O–H groups in total. The average Bonchev–Trinajstić information content (AvgIpc) is 2.31. The largest absolute Gasteiger partial charge is 1.00 e. The minimum absolute atomic E-state index is 0. The van der Waals surface area contributed by atoms with Gasteiger partial charge in [-0.3, -0.25) is 4.79 Å². The number of anilines is 1. The summed E-state index contributed by atoms with van der Waals surface area (Å²) in [7, 11) is 0. The second-order valence-electron chi connectivity index (χ2n) is 3.00. The molecule has 0 saturated heterocycles. The fourth-order valence-corrected chi connectivity index (χ4v) is 1.46. The second kappa shape index (κ2) is 8.37. The van der Waals surface area contributed by atoms with Gasteiger partial charge in [0.25, 0.3) is 5.91 Å². The van der Waals surface area contributed by atoms with E-state index in [0.717, 1.165) is 0 Å². The van der Waals surface area contributed by atoms with Crippen LogP contribution in [0.25, 0.3) is 0 Å². The van der Waals surface area contributed by atoms with Crippen LogP contribution < -0.4 is 40.0 Å². The number of carboxylic acids is 1. The monoisotopic (exact) mass is 349 g/mol. The molecule has 0 aliphatic carbocycles. The summed E-state index contributed by atoms with van der Waals surface area (Å²) in [5, 5.41) is 11.7. The molecule has 9 heteroatoms. The van der Waals surface area contributed by atoms with Crippen LogP contribution in [0.15, 0.2) is 28.3 Å². The number of aliphatic carboxylic acids is 1. The molecule has 0 aliphatic rings. The zero-order valence-electron chi connectivity index (χ0n) is 9.47. The van der Waals surface area contributed by atoms with Crippen molar-refractivity contribution in [1.29, 1.82) is 0 Å². The molecular formula is C10H4Cl4NNaO3. The van der Waals surface area contributed by atoms with Crippen LogP contribution in [0.1, 0.15) is 0 Å². The van der Waals surface area contributed by atoms with Crippen molar-refractivity contribution in [2.24, 2.45) is 0 Å². The Morgan fingerprint density at radius 1 is 1.05 bits per heavy atom. The van der Waals surface area contributed by atoms with E-state index >= 15 is 0 Å². The summed E-state index contributed by atoms with van der Waals surface area (Å²) in [6.45, 7) is 0.